The summed E-state index contributed by atoms with van der Waals surface area (Å²) in [7, 11) is 0. The first-order valence-electron chi connectivity index (χ1n) is 26.4. The number of nitrogens with two attached hydrogens (primary N) is 4. The summed E-state index contributed by atoms with van der Waals surface area (Å²) in [5.41, 5.74) is 24.7. The fourth-order valence-electron chi connectivity index (χ4n) is 8.54. The molecule has 1 saturated heterocycles. The van der Waals surface area contributed by atoms with Gasteiger partial charge in [-0.3, -0.25) is 63.6 Å². The van der Waals surface area contributed by atoms with Gasteiger partial charge in [-0.05, 0) is 87.5 Å². The zero-order valence-corrected chi connectivity index (χ0v) is 46.5. The molecule has 0 bridgehead atoms. The molecule has 0 aromatic heterocycles. The minimum absolute atomic E-state index is 0.0120. The molecular weight excluding hydrogens is 1030 g/mol. The molecule has 1 heterocycles. The molecule has 78 heavy (non-hydrogen) atoms. The summed E-state index contributed by atoms with van der Waals surface area (Å²) in [5.74, 6) is -9.47. The number of primary amides is 1. The maximum absolute atomic E-state index is 14.6. The number of carbonyl (C=O) groups is 10. The van der Waals surface area contributed by atoms with Gasteiger partial charge in [-0.2, -0.15) is 12.6 Å². The Balaban J connectivity index is 1.89. The molecule has 0 radical (unpaired) electrons. The number of hydrogen-bond donors (Lipinski definition) is 12. The van der Waals surface area contributed by atoms with Gasteiger partial charge in [0.25, 0.3) is 5.91 Å². The van der Waals surface area contributed by atoms with E-state index in [1.54, 1.807) is 89.2 Å². The topological polar surface area (TPSA) is 387 Å². The molecular formula is C53H81N13O11S. The Kier molecular flexibility index (Phi) is 26.7. The van der Waals surface area contributed by atoms with Gasteiger partial charge in [-0.15, -0.1) is 0 Å². The van der Waals surface area contributed by atoms with E-state index in [-0.39, 0.29) is 57.6 Å². The highest BCUT2D eigenvalue weighted by Crippen LogP contribution is 2.29. The van der Waals surface area contributed by atoms with E-state index in [1.807, 2.05) is 12.2 Å². The van der Waals surface area contributed by atoms with Crippen LogP contribution in [0.25, 0.3) is 0 Å². The number of nitrogens with one attached hydrogen (secondary N) is 7. The number of amides is 10. The normalized spacial score (nSPS) is 15.5. The molecule has 1 unspecified atom stereocenters. The average molecular weight is 1110 g/mol. The van der Waals surface area contributed by atoms with E-state index in [9.17, 15) is 47.9 Å². The van der Waals surface area contributed by atoms with Crippen LogP contribution in [-0.2, 0) is 60.8 Å². The van der Waals surface area contributed by atoms with Gasteiger partial charge in [0, 0.05) is 30.7 Å². The minimum atomic E-state index is -1.83. The minimum Gasteiger partial charge on any atom is -0.494 e. The van der Waals surface area contributed by atoms with Crippen molar-refractivity contribution in [3.8, 4) is 5.75 Å². The molecule has 2 aromatic carbocycles. The van der Waals surface area contributed by atoms with E-state index in [0.29, 0.717) is 48.5 Å². The van der Waals surface area contributed by atoms with E-state index in [1.165, 1.54) is 4.90 Å². The van der Waals surface area contributed by atoms with Crippen LogP contribution in [-0.4, -0.2) is 148 Å². The smallest absolute Gasteiger partial charge is 0.252 e. The van der Waals surface area contributed by atoms with E-state index in [4.69, 9.17) is 33.1 Å². The van der Waals surface area contributed by atoms with Gasteiger partial charge in [0.05, 0.1) is 25.1 Å². The van der Waals surface area contributed by atoms with Crippen LogP contribution in [0.1, 0.15) is 110 Å². The lowest BCUT2D eigenvalue weighted by Gasteiger charge is -2.32. The van der Waals surface area contributed by atoms with Gasteiger partial charge in [-0.1, -0.05) is 77.1 Å². The van der Waals surface area contributed by atoms with Gasteiger partial charge < -0.3 is 59.2 Å². The first-order chi connectivity index (χ1) is 36.9. The van der Waals surface area contributed by atoms with Crippen LogP contribution < -0.4 is 59.6 Å². The molecule has 10 amide bonds. The molecule has 24 nitrogen and oxygen atoms in total. The molecule has 1 aliphatic rings. The second-order valence-electron chi connectivity index (χ2n) is 19.7. The maximum atomic E-state index is 14.6. The Hall–Kier alpha value is -7.12. The van der Waals surface area contributed by atoms with Crippen molar-refractivity contribution in [1.29, 1.82) is 5.41 Å². The highest BCUT2D eigenvalue weighted by Gasteiger charge is 2.41. The number of likely N-dealkylation sites (tertiary alicyclic amines) is 1. The highest BCUT2D eigenvalue weighted by atomic mass is 32.1. The third-order valence-electron chi connectivity index (χ3n) is 13.4. The van der Waals surface area contributed by atoms with Gasteiger partial charge in [-0.25, -0.2) is 0 Å². The monoisotopic (exact) mass is 1110 g/mol. The molecule has 1 fully saturated rings. The molecule has 1 aliphatic heterocycles. The number of guanidine groups is 1. The lowest BCUT2D eigenvalue weighted by atomic mass is 9.97. The van der Waals surface area contributed by atoms with Crippen molar-refractivity contribution in [2.75, 3.05) is 26.2 Å². The van der Waals surface area contributed by atoms with Crippen molar-refractivity contribution in [2.45, 2.75) is 159 Å². The van der Waals surface area contributed by atoms with Gasteiger partial charge in [0.2, 0.25) is 53.2 Å². The molecule has 15 N–H and O–H groups in total. The Morgan fingerprint density at radius 1 is 0.782 bits per heavy atom. The predicted octanol–water partition coefficient (Wildman–Crippen LogP) is -0.463. The van der Waals surface area contributed by atoms with Crippen molar-refractivity contribution in [1.82, 2.24) is 41.7 Å². The van der Waals surface area contributed by atoms with Crippen LogP contribution in [0.3, 0.4) is 0 Å². The summed E-state index contributed by atoms with van der Waals surface area (Å²) in [4.78, 5) is 140. The van der Waals surface area contributed by atoms with Crippen molar-refractivity contribution >= 4 is 77.7 Å². The number of rotatable bonds is 31. The van der Waals surface area contributed by atoms with Crippen LogP contribution in [0.5, 0.6) is 5.75 Å². The Morgan fingerprint density at radius 2 is 1.41 bits per heavy atom. The summed E-state index contributed by atoms with van der Waals surface area (Å²) < 4.78 is 4.54. The zero-order valence-electron chi connectivity index (χ0n) is 45.6. The number of carbonyl (C=O) groups excluding carboxylic acids is 10. The Labute approximate surface area is 461 Å². The fraction of sp³-hybridized carbons (Fsp3) is 0.566. The Bertz CT molecular complexity index is 2410. The van der Waals surface area contributed by atoms with E-state index in [2.05, 4.69) is 39.2 Å². The average Bonchev–Trinajstić information content (AvgIpc) is 3.90. The molecule has 430 valence electrons. The lowest BCUT2D eigenvalue weighted by Crippen LogP contribution is -2.60. The van der Waals surface area contributed by atoms with E-state index in [0.717, 1.165) is 5.56 Å². The van der Waals surface area contributed by atoms with E-state index >= 15 is 0 Å². The third kappa shape index (κ3) is 20.7. The van der Waals surface area contributed by atoms with Crippen LogP contribution in [0, 0.1) is 11.3 Å². The molecule has 25 heteroatoms. The third-order valence-corrected chi connectivity index (χ3v) is 14.1. The number of nitrogens with zero attached hydrogens (tertiary/aromatic N) is 2. The van der Waals surface area contributed by atoms with Crippen LogP contribution in [0.15, 0.2) is 54.6 Å². The number of benzene rings is 2. The van der Waals surface area contributed by atoms with Crippen molar-refractivity contribution in [2.24, 2.45) is 28.9 Å². The fourth-order valence-corrected chi connectivity index (χ4v) is 8.68. The number of thiol groups is 1. The van der Waals surface area contributed by atoms with Crippen LogP contribution >= 0.6 is 12.6 Å². The molecule has 3 rings (SSSR count). The van der Waals surface area contributed by atoms with Gasteiger partial charge in [0.15, 0.2) is 5.96 Å². The SMILES string of the molecule is CCOc1ccc(C[C@H](N)C(=O)N[C@@H](Cc2ccccc2)C(=O)N[C@H](C(=O)N[C@@H](CC(N)=O)C(=O)NC(=O)CN(C(=O)CC(S)(CC)CC)C(=O)[C@H](CCCNC(=N)N)NC(=O)[C@@H]2CCCN2C(=O)C(N)CC)C(C)C)cc1. The first kappa shape index (κ1) is 65.2. The second kappa shape index (κ2) is 31.9. The highest BCUT2D eigenvalue weighted by molar-refractivity contribution is 7.81. The summed E-state index contributed by atoms with van der Waals surface area (Å²) in [6.07, 6.45) is 0.644. The van der Waals surface area contributed by atoms with Crippen molar-refractivity contribution < 1.29 is 52.7 Å². The summed E-state index contributed by atoms with van der Waals surface area (Å²) in [6, 6.07) is 6.87. The summed E-state index contributed by atoms with van der Waals surface area (Å²) in [6.45, 7) is 10.0. The molecule has 7 atom stereocenters. The quantitative estimate of drug-likeness (QED) is 0.0197. The van der Waals surface area contributed by atoms with Crippen LogP contribution in [0.2, 0.25) is 0 Å². The van der Waals surface area contributed by atoms with Crippen LogP contribution in [0.4, 0.5) is 0 Å². The first-order valence-corrected chi connectivity index (χ1v) is 26.9. The zero-order chi connectivity index (χ0) is 58.3. The standard InChI is InChI=1S/C53H81N13O11S/c1-7-35(54)50(75)65-25-15-19-40(65)48(73)60-37(18-14-24-59-52(57)58)51(76)66(43(69)29-53(78,8-2)9-3)30-42(68)63-46(71)39(28-41(56)67)62-49(74)44(31(5)6)64-47(72)38(27-32-16-12-11-13-17-32)61-45(70)36(55)26-33-20-22-34(23-21-33)77-10-4/h11-13,16-17,20-23,31,35-40,44,78H,7-10,14-15,18-19,24-30,54-55H2,1-6H3,(H2,56,67)(H,60,73)(H,61,70)(H,62,74)(H,64,72)(H4,57,58,59)(H,63,68,71)/t35?,36-,37-,38-,39-,40-,44-/m0/s1. The van der Waals surface area contributed by atoms with Crippen molar-refractivity contribution in [3.63, 3.8) is 0 Å². The van der Waals surface area contributed by atoms with E-state index < -0.39 is 125 Å². The number of imide groups is 2. The molecule has 0 spiro atoms. The lowest BCUT2D eigenvalue weighted by molar-refractivity contribution is -0.151. The Morgan fingerprint density at radius 3 is 1.99 bits per heavy atom. The maximum Gasteiger partial charge on any atom is 0.252 e. The molecule has 2 aromatic rings. The largest absolute Gasteiger partial charge is 0.494 e. The molecule has 0 aliphatic carbocycles. The summed E-state index contributed by atoms with van der Waals surface area (Å²) in [5, 5.41) is 22.6. The number of ether oxygens (including phenoxy) is 1. The number of hydrogen-bond acceptors (Lipinski definition) is 15. The molecule has 0 saturated carbocycles. The van der Waals surface area contributed by atoms with Gasteiger partial charge in [0.1, 0.15) is 42.5 Å². The van der Waals surface area contributed by atoms with Crippen molar-refractivity contribution in [3.05, 3.63) is 65.7 Å². The predicted molar refractivity (Wildman–Crippen MR) is 295 cm³/mol. The summed E-state index contributed by atoms with van der Waals surface area (Å²) >= 11 is 4.69. The van der Waals surface area contributed by atoms with Gasteiger partial charge >= 0.3 is 0 Å². The second-order valence-corrected chi connectivity index (χ2v) is 20.6.